The van der Waals surface area contributed by atoms with Crippen LogP contribution in [0.25, 0.3) is 0 Å². The Morgan fingerprint density at radius 2 is 2.05 bits per heavy atom. The molecule has 1 fully saturated rings. The van der Waals surface area contributed by atoms with E-state index in [4.69, 9.17) is 4.74 Å². The number of aliphatic hydroxyl groups excluding tert-OH is 1. The molecule has 0 aliphatic carbocycles. The smallest absolute Gasteiger partial charge is 0.119 e. The highest BCUT2D eigenvalue weighted by molar-refractivity contribution is 5.28. The minimum Gasteiger partial charge on any atom is -0.491 e. The van der Waals surface area contributed by atoms with E-state index in [2.05, 4.69) is 4.90 Å². The molecule has 1 aromatic rings. The molecule has 1 heterocycles. The predicted molar refractivity (Wildman–Crippen MR) is 77.7 cm³/mol. The van der Waals surface area contributed by atoms with Crippen LogP contribution in [0.4, 0.5) is 4.39 Å². The van der Waals surface area contributed by atoms with E-state index in [0.29, 0.717) is 19.4 Å². The lowest BCUT2D eigenvalue weighted by Crippen LogP contribution is -2.23. The number of halogens is 1. The summed E-state index contributed by atoms with van der Waals surface area (Å²) in [5.41, 5.74) is 0.886. The van der Waals surface area contributed by atoms with Crippen LogP contribution in [0.3, 0.4) is 0 Å². The summed E-state index contributed by atoms with van der Waals surface area (Å²) >= 11 is 0. The Labute approximate surface area is 120 Å². The molecule has 1 aliphatic heterocycles. The third kappa shape index (κ3) is 4.46. The van der Waals surface area contributed by atoms with Gasteiger partial charge in [-0.05, 0) is 44.4 Å². The molecule has 0 radical (unpaired) electrons. The lowest BCUT2D eigenvalue weighted by molar-refractivity contribution is 0.146. The average Bonchev–Trinajstić information content (AvgIpc) is 2.82. The van der Waals surface area contributed by atoms with Gasteiger partial charge >= 0.3 is 0 Å². The van der Waals surface area contributed by atoms with Crippen LogP contribution in [0.2, 0.25) is 0 Å². The molecule has 20 heavy (non-hydrogen) atoms. The van der Waals surface area contributed by atoms with E-state index in [0.717, 1.165) is 24.4 Å². The molecule has 1 aromatic carbocycles. The third-order valence-electron chi connectivity index (χ3n) is 3.57. The largest absolute Gasteiger partial charge is 0.491 e. The first-order valence-electron chi connectivity index (χ1n) is 7.35. The van der Waals surface area contributed by atoms with E-state index < -0.39 is 12.3 Å². The molecule has 2 rings (SSSR count). The number of aliphatic hydroxyl groups is 1. The van der Waals surface area contributed by atoms with Crippen molar-refractivity contribution in [1.29, 1.82) is 0 Å². The second-order valence-corrected chi connectivity index (χ2v) is 5.73. The molecule has 0 amide bonds. The van der Waals surface area contributed by atoms with Crippen molar-refractivity contribution >= 4 is 0 Å². The highest BCUT2D eigenvalue weighted by Crippen LogP contribution is 2.22. The third-order valence-corrected chi connectivity index (χ3v) is 3.57. The lowest BCUT2D eigenvalue weighted by Gasteiger charge is -2.18. The van der Waals surface area contributed by atoms with Crippen LogP contribution in [-0.2, 0) is 0 Å². The molecule has 0 unspecified atom stereocenters. The summed E-state index contributed by atoms with van der Waals surface area (Å²) < 4.78 is 18.6. The molecule has 112 valence electrons. The van der Waals surface area contributed by atoms with Crippen molar-refractivity contribution in [2.75, 3.05) is 19.6 Å². The second kappa shape index (κ2) is 7.04. The lowest BCUT2D eigenvalue weighted by atomic mass is 10.1. The van der Waals surface area contributed by atoms with Crippen LogP contribution in [-0.4, -0.2) is 41.9 Å². The number of hydrogen-bond donors (Lipinski definition) is 1. The first kappa shape index (κ1) is 15.3. The average molecular weight is 281 g/mol. The van der Waals surface area contributed by atoms with Gasteiger partial charge in [-0.3, -0.25) is 0 Å². The molecular weight excluding hydrogens is 257 g/mol. The Kier molecular flexibility index (Phi) is 5.38. The van der Waals surface area contributed by atoms with Crippen LogP contribution in [0.5, 0.6) is 5.75 Å². The minimum atomic E-state index is -0.695. The van der Waals surface area contributed by atoms with Gasteiger partial charge in [0.1, 0.15) is 11.9 Å². The minimum absolute atomic E-state index is 0.148. The standard InChI is InChI=1S/C16H24FNO2/c1-12(2)20-15-5-3-13(4-6-15)16(19)8-10-18-9-7-14(17)11-18/h3-6,12,14,16,19H,7-11H2,1-2H3/t14-,16+/m1/s1. The number of likely N-dealkylation sites (tertiary alicyclic amines) is 1. The zero-order valence-electron chi connectivity index (χ0n) is 12.3. The van der Waals surface area contributed by atoms with Gasteiger partial charge in [0.05, 0.1) is 12.2 Å². The Morgan fingerprint density at radius 3 is 2.60 bits per heavy atom. The second-order valence-electron chi connectivity index (χ2n) is 5.73. The maximum Gasteiger partial charge on any atom is 0.119 e. The fraction of sp³-hybridized carbons (Fsp3) is 0.625. The van der Waals surface area contributed by atoms with Crippen molar-refractivity contribution in [3.8, 4) is 5.75 Å². The van der Waals surface area contributed by atoms with Gasteiger partial charge in [0.2, 0.25) is 0 Å². The van der Waals surface area contributed by atoms with E-state index in [-0.39, 0.29) is 6.10 Å². The van der Waals surface area contributed by atoms with Crippen LogP contribution >= 0.6 is 0 Å². The molecule has 0 spiro atoms. The van der Waals surface area contributed by atoms with Gasteiger partial charge in [0.15, 0.2) is 0 Å². The summed E-state index contributed by atoms with van der Waals surface area (Å²) in [5, 5.41) is 10.2. The Bertz CT molecular complexity index is 407. The van der Waals surface area contributed by atoms with E-state index in [1.807, 2.05) is 38.1 Å². The highest BCUT2D eigenvalue weighted by Gasteiger charge is 2.22. The number of rotatable bonds is 6. The van der Waals surface area contributed by atoms with E-state index in [1.165, 1.54) is 0 Å². The molecule has 0 bridgehead atoms. The molecule has 4 heteroatoms. The summed E-state index contributed by atoms with van der Waals surface area (Å²) in [6, 6.07) is 7.55. The molecule has 1 aliphatic rings. The van der Waals surface area contributed by atoms with Crippen molar-refractivity contribution in [2.24, 2.45) is 0 Å². The van der Waals surface area contributed by atoms with Crippen LogP contribution in [0.1, 0.15) is 38.4 Å². The number of nitrogens with zero attached hydrogens (tertiary/aromatic N) is 1. The maximum atomic E-state index is 13.1. The molecule has 1 saturated heterocycles. The van der Waals surface area contributed by atoms with E-state index >= 15 is 0 Å². The first-order chi connectivity index (χ1) is 9.54. The quantitative estimate of drug-likeness (QED) is 0.870. The van der Waals surface area contributed by atoms with Crippen LogP contribution < -0.4 is 4.74 Å². The SMILES string of the molecule is CC(C)Oc1ccc([C@@H](O)CCN2CC[C@@H](F)C2)cc1. The fourth-order valence-electron chi connectivity index (χ4n) is 2.50. The van der Waals surface area contributed by atoms with E-state index in [1.54, 1.807) is 0 Å². The van der Waals surface area contributed by atoms with Gasteiger partial charge in [-0.25, -0.2) is 4.39 Å². The van der Waals surface area contributed by atoms with Gasteiger partial charge in [-0.15, -0.1) is 0 Å². The van der Waals surface area contributed by atoms with Gasteiger partial charge in [0.25, 0.3) is 0 Å². The highest BCUT2D eigenvalue weighted by atomic mass is 19.1. The molecule has 0 aromatic heterocycles. The van der Waals surface area contributed by atoms with Gasteiger partial charge in [-0.2, -0.15) is 0 Å². The topological polar surface area (TPSA) is 32.7 Å². The number of hydrogen-bond acceptors (Lipinski definition) is 3. The molecule has 3 nitrogen and oxygen atoms in total. The maximum absolute atomic E-state index is 13.1. The molecular formula is C16H24FNO2. The van der Waals surface area contributed by atoms with Crippen LogP contribution in [0, 0.1) is 0 Å². The Morgan fingerprint density at radius 1 is 1.35 bits per heavy atom. The Hall–Kier alpha value is -1.13. The van der Waals surface area contributed by atoms with Gasteiger partial charge in [-0.1, -0.05) is 12.1 Å². The van der Waals surface area contributed by atoms with Crippen molar-refractivity contribution in [3.05, 3.63) is 29.8 Å². The van der Waals surface area contributed by atoms with E-state index in [9.17, 15) is 9.50 Å². The zero-order chi connectivity index (χ0) is 14.5. The first-order valence-corrected chi connectivity index (χ1v) is 7.35. The Balaban J connectivity index is 1.81. The van der Waals surface area contributed by atoms with Gasteiger partial charge < -0.3 is 14.7 Å². The van der Waals surface area contributed by atoms with Crippen molar-refractivity contribution < 1.29 is 14.2 Å². The monoisotopic (exact) mass is 281 g/mol. The number of ether oxygens (including phenoxy) is 1. The molecule has 2 atom stereocenters. The fourth-order valence-corrected chi connectivity index (χ4v) is 2.50. The van der Waals surface area contributed by atoms with Crippen molar-refractivity contribution in [1.82, 2.24) is 4.90 Å². The summed E-state index contributed by atoms with van der Waals surface area (Å²) in [6.07, 6.45) is 0.213. The normalized spacial score (nSPS) is 21.4. The van der Waals surface area contributed by atoms with Crippen molar-refractivity contribution in [2.45, 2.75) is 45.1 Å². The van der Waals surface area contributed by atoms with Crippen molar-refractivity contribution in [3.63, 3.8) is 0 Å². The van der Waals surface area contributed by atoms with Crippen LogP contribution in [0.15, 0.2) is 24.3 Å². The number of alkyl halides is 1. The predicted octanol–water partition coefficient (Wildman–Crippen LogP) is 2.94. The van der Waals surface area contributed by atoms with Gasteiger partial charge in [0, 0.05) is 19.6 Å². The molecule has 0 saturated carbocycles. The summed E-state index contributed by atoms with van der Waals surface area (Å²) in [7, 11) is 0. The zero-order valence-corrected chi connectivity index (χ0v) is 12.3. The molecule has 1 N–H and O–H groups in total. The summed E-state index contributed by atoms with van der Waals surface area (Å²) in [6.45, 7) is 6.02. The summed E-state index contributed by atoms with van der Waals surface area (Å²) in [5.74, 6) is 0.816. The summed E-state index contributed by atoms with van der Waals surface area (Å²) in [4.78, 5) is 2.07. The number of benzene rings is 1.